The second-order valence-corrected chi connectivity index (χ2v) is 6.27. The minimum absolute atomic E-state index is 0.408. The molecule has 0 amide bonds. The fourth-order valence-corrected chi connectivity index (χ4v) is 2.93. The molecule has 0 aromatic carbocycles. The predicted octanol–water partition coefficient (Wildman–Crippen LogP) is 0.540. The van der Waals surface area contributed by atoms with Gasteiger partial charge in [0.25, 0.3) is 0 Å². The minimum atomic E-state index is -0.776. The molecule has 102 valence electrons. The lowest BCUT2D eigenvalue weighted by molar-refractivity contribution is -0.0260. The van der Waals surface area contributed by atoms with Crippen LogP contribution in [0, 0.1) is 6.92 Å². The Labute approximate surface area is 112 Å². The molecule has 4 nitrogen and oxygen atoms in total. The summed E-state index contributed by atoms with van der Waals surface area (Å²) in [5, 5.41) is 16.8. The van der Waals surface area contributed by atoms with Crippen molar-refractivity contribution in [1.29, 1.82) is 0 Å². The highest BCUT2D eigenvalue weighted by molar-refractivity contribution is 7.11. The number of aliphatic hydroxyl groups is 1. The van der Waals surface area contributed by atoms with Crippen LogP contribution < -0.4 is 10.6 Å². The number of hydrogen-bond acceptors (Lipinski definition) is 5. The Morgan fingerprint density at radius 2 is 2.44 bits per heavy atom. The fourth-order valence-electron chi connectivity index (χ4n) is 2.04. The van der Waals surface area contributed by atoms with E-state index in [0.717, 1.165) is 19.5 Å². The summed E-state index contributed by atoms with van der Waals surface area (Å²) in [4.78, 5) is 2.74. The van der Waals surface area contributed by atoms with Crippen LogP contribution in [0.4, 0.5) is 0 Å². The zero-order valence-corrected chi connectivity index (χ0v) is 11.7. The molecule has 18 heavy (non-hydrogen) atoms. The second kappa shape index (κ2) is 6.63. The molecule has 0 radical (unpaired) electrons. The largest absolute Gasteiger partial charge is 0.385 e. The van der Waals surface area contributed by atoms with Crippen molar-refractivity contribution in [3.8, 4) is 0 Å². The van der Waals surface area contributed by atoms with Gasteiger partial charge in [-0.3, -0.25) is 0 Å². The highest BCUT2D eigenvalue weighted by Gasteiger charge is 2.28. The molecule has 2 rings (SSSR count). The first-order chi connectivity index (χ1) is 8.68. The molecule has 0 aliphatic carbocycles. The Morgan fingerprint density at radius 3 is 3.22 bits per heavy atom. The number of thiophene rings is 1. The number of ether oxygens (including phenoxy) is 1. The average molecular weight is 270 g/mol. The van der Waals surface area contributed by atoms with Crippen LogP contribution in [0.5, 0.6) is 0 Å². The molecule has 3 N–H and O–H groups in total. The molecule has 1 aromatic heterocycles. The van der Waals surface area contributed by atoms with Gasteiger partial charge in [0.1, 0.15) is 5.60 Å². The summed E-state index contributed by atoms with van der Waals surface area (Å²) in [7, 11) is 0. The summed E-state index contributed by atoms with van der Waals surface area (Å²) in [5.41, 5.74) is -0.776. The smallest absolute Gasteiger partial charge is 0.113 e. The van der Waals surface area contributed by atoms with Crippen LogP contribution in [0.25, 0.3) is 0 Å². The number of hydrogen-bond donors (Lipinski definition) is 3. The van der Waals surface area contributed by atoms with Gasteiger partial charge in [-0.15, -0.1) is 11.3 Å². The van der Waals surface area contributed by atoms with Crippen molar-refractivity contribution in [2.45, 2.75) is 18.9 Å². The Hall–Kier alpha value is -0.460. The van der Waals surface area contributed by atoms with Gasteiger partial charge in [0.15, 0.2) is 0 Å². The molecule has 1 aromatic rings. The van der Waals surface area contributed by atoms with Gasteiger partial charge in [-0.2, -0.15) is 0 Å². The van der Waals surface area contributed by atoms with E-state index in [1.807, 2.05) is 11.3 Å². The van der Waals surface area contributed by atoms with E-state index in [-0.39, 0.29) is 0 Å². The third-order valence-corrected chi connectivity index (χ3v) is 4.11. The molecule has 0 bridgehead atoms. The first-order valence-corrected chi connectivity index (χ1v) is 7.26. The van der Waals surface area contributed by atoms with Crippen molar-refractivity contribution < 1.29 is 9.84 Å². The number of aryl methyl sites for hydroxylation is 1. The summed E-state index contributed by atoms with van der Waals surface area (Å²) in [6.45, 7) is 6.09. The minimum Gasteiger partial charge on any atom is -0.385 e. The van der Waals surface area contributed by atoms with Crippen molar-refractivity contribution >= 4 is 11.3 Å². The molecule has 0 saturated carbocycles. The molecule has 5 heteroatoms. The maximum Gasteiger partial charge on any atom is 0.113 e. The van der Waals surface area contributed by atoms with Crippen molar-refractivity contribution in [3.05, 3.63) is 21.9 Å². The van der Waals surface area contributed by atoms with Crippen molar-refractivity contribution in [2.75, 3.05) is 39.4 Å². The lowest BCUT2D eigenvalue weighted by Gasteiger charge is -2.26. The van der Waals surface area contributed by atoms with E-state index >= 15 is 0 Å². The third kappa shape index (κ3) is 4.33. The fraction of sp³-hybridized carbons (Fsp3) is 0.692. The van der Waals surface area contributed by atoms with Gasteiger partial charge in [0.05, 0.1) is 13.2 Å². The molecule has 1 atom stereocenters. The van der Waals surface area contributed by atoms with E-state index in [0.29, 0.717) is 26.3 Å². The molecule has 2 heterocycles. The normalized spacial score (nSPS) is 25.0. The third-order valence-electron chi connectivity index (χ3n) is 3.05. The van der Waals surface area contributed by atoms with Crippen LogP contribution in [0.3, 0.4) is 0 Å². The predicted molar refractivity (Wildman–Crippen MR) is 74.3 cm³/mol. The Balaban J connectivity index is 1.67. The summed E-state index contributed by atoms with van der Waals surface area (Å²) in [6, 6.07) is 4.32. The highest BCUT2D eigenvalue weighted by Crippen LogP contribution is 2.15. The monoisotopic (exact) mass is 270 g/mol. The SMILES string of the molecule is Cc1ccc(CCNCC2(O)CNCCOC2)s1. The Kier molecular flexibility index (Phi) is 5.14. The van der Waals surface area contributed by atoms with Crippen LogP contribution in [-0.4, -0.2) is 50.1 Å². The van der Waals surface area contributed by atoms with E-state index in [1.165, 1.54) is 9.75 Å². The van der Waals surface area contributed by atoms with E-state index in [9.17, 15) is 5.11 Å². The lowest BCUT2D eigenvalue weighted by atomic mass is 10.1. The van der Waals surface area contributed by atoms with Gasteiger partial charge in [0, 0.05) is 35.9 Å². The van der Waals surface area contributed by atoms with Gasteiger partial charge < -0.3 is 20.5 Å². The summed E-state index contributed by atoms with van der Waals surface area (Å²) in [6.07, 6.45) is 1.02. The second-order valence-electron chi connectivity index (χ2n) is 4.89. The highest BCUT2D eigenvalue weighted by atomic mass is 32.1. The first-order valence-electron chi connectivity index (χ1n) is 6.45. The van der Waals surface area contributed by atoms with Gasteiger partial charge >= 0.3 is 0 Å². The maximum absolute atomic E-state index is 10.3. The van der Waals surface area contributed by atoms with Crippen LogP contribution in [0.2, 0.25) is 0 Å². The first kappa shape index (κ1) is 14.0. The molecule has 1 unspecified atom stereocenters. The molecular weight excluding hydrogens is 248 g/mol. The lowest BCUT2D eigenvalue weighted by Crippen LogP contribution is -2.50. The Morgan fingerprint density at radius 1 is 1.56 bits per heavy atom. The van der Waals surface area contributed by atoms with Gasteiger partial charge in [0.2, 0.25) is 0 Å². The van der Waals surface area contributed by atoms with Crippen LogP contribution >= 0.6 is 11.3 Å². The maximum atomic E-state index is 10.3. The molecule has 1 aliphatic heterocycles. The van der Waals surface area contributed by atoms with Gasteiger partial charge in [-0.25, -0.2) is 0 Å². The van der Waals surface area contributed by atoms with E-state index in [1.54, 1.807) is 0 Å². The molecule has 1 saturated heterocycles. The van der Waals surface area contributed by atoms with Crippen molar-refractivity contribution in [3.63, 3.8) is 0 Å². The topological polar surface area (TPSA) is 53.5 Å². The summed E-state index contributed by atoms with van der Waals surface area (Å²) >= 11 is 1.84. The van der Waals surface area contributed by atoms with E-state index in [4.69, 9.17) is 4.74 Å². The number of rotatable bonds is 5. The summed E-state index contributed by atoms with van der Waals surface area (Å²) < 4.78 is 5.38. The molecule has 1 aliphatic rings. The van der Waals surface area contributed by atoms with Crippen LogP contribution in [-0.2, 0) is 11.2 Å². The van der Waals surface area contributed by atoms with Gasteiger partial charge in [-0.05, 0) is 25.5 Å². The standard InChI is InChI=1S/C13H22N2O2S/c1-11-2-3-12(18-11)4-5-14-8-13(16)9-15-6-7-17-10-13/h2-3,14-16H,4-10H2,1H3. The zero-order valence-electron chi connectivity index (χ0n) is 10.9. The molecule has 1 fully saturated rings. The van der Waals surface area contributed by atoms with Crippen molar-refractivity contribution in [2.24, 2.45) is 0 Å². The van der Waals surface area contributed by atoms with E-state index < -0.39 is 5.60 Å². The number of nitrogens with one attached hydrogen (secondary N) is 2. The quantitative estimate of drug-likeness (QED) is 0.684. The van der Waals surface area contributed by atoms with Gasteiger partial charge in [-0.1, -0.05) is 0 Å². The zero-order chi connectivity index (χ0) is 12.8. The molecule has 0 spiro atoms. The van der Waals surface area contributed by atoms with Crippen LogP contribution in [0.1, 0.15) is 9.75 Å². The summed E-state index contributed by atoms with van der Waals surface area (Å²) in [5.74, 6) is 0. The number of β-amino-alcohol motifs (C(OH)–C–C–N with tert-alkyl or cyclic N) is 1. The van der Waals surface area contributed by atoms with Crippen LogP contribution in [0.15, 0.2) is 12.1 Å². The average Bonchev–Trinajstić information content (AvgIpc) is 2.63. The molecular formula is C13H22N2O2S. The van der Waals surface area contributed by atoms with E-state index in [2.05, 4.69) is 29.7 Å². The van der Waals surface area contributed by atoms with Crippen molar-refractivity contribution in [1.82, 2.24) is 10.6 Å². The Bertz CT molecular complexity index is 360.